The van der Waals surface area contributed by atoms with E-state index in [0.717, 1.165) is 49.0 Å². The summed E-state index contributed by atoms with van der Waals surface area (Å²) in [4.78, 5) is 0. The molecule has 0 N–H and O–H groups in total. The van der Waals surface area contributed by atoms with Gasteiger partial charge in [0.1, 0.15) is 11.2 Å². The van der Waals surface area contributed by atoms with Gasteiger partial charge in [-0.2, -0.15) is 0 Å². The van der Waals surface area contributed by atoms with E-state index < -0.39 is 12.1 Å². The highest BCUT2D eigenvalue weighted by Gasteiger charge is 2.20. The molecule has 8 aromatic carbocycles. The molecule has 0 spiro atoms. The van der Waals surface area contributed by atoms with Gasteiger partial charge in [0.15, 0.2) is 0 Å². The largest absolute Gasteiger partial charge is 0.455 e. The smallest absolute Gasteiger partial charge is 0.143 e. The Balaban J connectivity index is 1.49. The van der Waals surface area contributed by atoms with Crippen molar-refractivity contribution in [2.24, 2.45) is 0 Å². The molecule has 200 valence electrons. The van der Waals surface area contributed by atoms with Gasteiger partial charge in [0.05, 0.1) is 8.22 Å². The monoisotopic (exact) mass is 552 g/mol. The molecule has 0 bridgehead atoms. The third-order valence-corrected chi connectivity index (χ3v) is 8.34. The summed E-state index contributed by atoms with van der Waals surface area (Å²) in [5, 5.41) is 6.40. The van der Waals surface area contributed by atoms with Crippen LogP contribution in [-0.2, 0) is 0 Å². The number of rotatable bonds is 3. The van der Waals surface area contributed by atoms with Crippen molar-refractivity contribution in [1.29, 1.82) is 0 Å². The minimum atomic E-state index is -0.406. The fraction of sp³-hybridized carbons (Fsp3) is 0. The number of hydrogen-bond donors (Lipinski definition) is 0. The standard InChI is InChI=1S/C42H26O/c1-2-13-28(14-3-1)37-25-31(26-38-32-16-10-11-21-39(32)43-42(37)38)41-35-19-8-6-17-33(35)40(34-18-7-9-20-36(34)41)30-23-22-27-12-4-5-15-29(27)24-30/h1-26H/i10D,11D,16D,21D,25D,26D. The Kier molecular flexibility index (Phi) is 4.11. The van der Waals surface area contributed by atoms with Crippen molar-refractivity contribution < 1.29 is 12.6 Å². The minimum Gasteiger partial charge on any atom is -0.455 e. The zero-order valence-corrected chi connectivity index (χ0v) is 23.0. The first kappa shape index (κ1) is 18.7. The van der Waals surface area contributed by atoms with Crippen molar-refractivity contribution in [3.63, 3.8) is 0 Å². The molecule has 9 aromatic rings. The molecule has 43 heavy (non-hydrogen) atoms. The molecule has 0 amide bonds. The van der Waals surface area contributed by atoms with Crippen LogP contribution in [0, 0.1) is 0 Å². The average molecular weight is 553 g/mol. The lowest BCUT2D eigenvalue weighted by Gasteiger charge is -2.18. The lowest BCUT2D eigenvalue weighted by Crippen LogP contribution is -1.91. The molecule has 0 atom stereocenters. The Morgan fingerprint density at radius 1 is 0.442 bits per heavy atom. The summed E-state index contributed by atoms with van der Waals surface area (Å²) in [6.45, 7) is 0. The average Bonchev–Trinajstić information content (AvgIpc) is 3.54. The SMILES string of the molecule is [2H]c1c([2H])c([2H])c2c(oc3c(-c4ccccc4)c([2H])c(-c4c5ccccc5c(-c5ccc6ccccc6c5)c5ccccc45)c([2H])c32)c1[2H]. The topological polar surface area (TPSA) is 13.1 Å². The van der Waals surface area contributed by atoms with E-state index in [1.54, 1.807) is 0 Å². The maximum atomic E-state index is 9.82. The second-order valence-corrected chi connectivity index (χ2v) is 10.8. The lowest BCUT2D eigenvalue weighted by atomic mass is 9.84. The predicted octanol–water partition coefficient (Wildman–Crippen LogP) is 12.0. The zero-order valence-electron chi connectivity index (χ0n) is 29.0. The Labute approximate surface area is 257 Å². The van der Waals surface area contributed by atoms with E-state index in [9.17, 15) is 2.74 Å². The Bertz CT molecular complexity index is 2780. The summed E-state index contributed by atoms with van der Waals surface area (Å²) < 4.78 is 60.2. The van der Waals surface area contributed by atoms with E-state index in [-0.39, 0.29) is 46.1 Å². The highest BCUT2D eigenvalue weighted by atomic mass is 16.3. The number of benzene rings is 8. The van der Waals surface area contributed by atoms with Gasteiger partial charge in [-0.15, -0.1) is 0 Å². The van der Waals surface area contributed by atoms with Crippen LogP contribution in [-0.4, -0.2) is 0 Å². The van der Waals surface area contributed by atoms with Gasteiger partial charge in [-0.3, -0.25) is 0 Å². The molecule has 0 unspecified atom stereocenters. The van der Waals surface area contributed by atoms with Crippen LogP contribution in [0.3, 0.4) is 0 Å². The van der Waals surface area contributed by atoms with Crippen LogP contribution in [0.4, 0.5) is 0 Å². The minimum absolute atomic E-state index is 0.0165. The van der Waals surface area contributed by atoms with Gasteiger partial charge in [-0.1, -0.05) is 133 Å². The number of furan rings is 1. The van der Waals surface area contributed by atoms with Crippen LogP contribution in [0.1, 0.15) is 8.22 Å². The van der Waals surface area contributed by atoms with Gasteiger partial charge in [-0.25, -0.2) is 0 Å². The first-order chi connectivity index (χ1) is 23.8. The van der Waals surface area contributed by atoms with Gasteiger partial charge in [-0.05, 0) is 84.3 Å². The fourth-order valence-electron chi connectivity index (χ4n) is 6.44. The number of fused-ring (bicyclic) bond motifs is 6. The summed E-state index contributed by atoms with van der Waals surface area (Å²) in [5.74, 6) is 0. The van der Waals surface area contributed by atoms with E-state index in [4.69, 9.17) is 9.90 Å². The van der Waals surface area contributed by atoms with Crippen molar-refractivity contribution in [3.05, 3.63) is 158 Å². The highest BCUT2D eigenvalue weighted by molar-refractivity contribution is 6.23. The van der Waals surface area contributed by atoms with Gasteiger partial charge in [0.25, 0.3) is 0 Å². The van der Waals surface area contributed by atoms with E-state index in [2.05, 4.69) is 42.5 Å². The molecule has 0 aliphatic heterocycles. The Morgan fingerprint density at radius 3 is 1.77 bits per heavy atom. The first-order valence-corrected chi connectivity index (χ1v) is 14.3. The van der Waals surface area contributed by atoms with Gasteiger partial charge >= 0.3 is 0 Å². The second kappa shape index (κ2) is 9.44. The van der Waals surface area contributed by atoms with Gasteiger partial charge in [0, 0.05) is 16.3 Å². The fourth-order valence-corrected chi connectivity index (χ4v) is 6.44. The number of hydrogen-bond acceptors (Lipinski definition) is 1. The van der Waals surface area contributed by atoms with Crippen LogP contribution in [0.5, 0.6) is 0 Å². The molecule has 0 saturated heterocycles. The molecule has 0 radical (unpaired) electrons. The molecule has 1 heterocycles. The van der Waals surface area contributed by atoms with Crippen LogP contribution in [0.25, 0.3) is 87.6 Å². The molecule has 0 aliphatic rings. The van der Waals surface area contributed by atoms with Gasteiger partial charge < -0.3 is 4.42 Å². The third-order valence-electron chi connectivity index (χ3n) is 8.34. The van der Waals surface area contributed by atoms with Gasteiger partial charge in [0.2, 0.25) is 0 Å². The van der Waals surface area contributed by atoms with Crippen molar-refractivity contribution in [1.82, 2.24) is 0 Å². The molecule has 0 fully saturated rings. The number of para-hydroxylation sites is 1. The van der Waals surface area contributed by atoms with E-state index in [1.165, 1.54) is 0 Å². The van der Waals surface area contributed by atoms with Crippen LogP contribution >= 0.6 is 0 Å². The van der Waals surface area contributed by atoms with Crippen molar-refractivity contribution in [2.75, 3.05) is 0 Å². The highest BCUT2D eigenvalue weighted by Crippen LogP contribution is 2.46. The molecule has 1 heteroatoms. The molecular formula is C42H26O. The molecule has 0 aliphatic carbocycles. The molecular weight excluding hydrogens is 520 g/mol. The normalized spacial score (nSPS) is 13.7. The Hall–Kier alpha value is -5.66. The molecule has 9 rings (SSSR count). The first-order valence-electron chi connectivity index (χ1n) is 17.3. The predicted molar refractivity (Wildman–Crippen MR) is 183 cm³/mol. The van der Waals surface area contributed by atoms with Crippen LogP contribution < -0.4 is 0 Å². The molecule has 1 aromatic heterocycles. The van der Waals surface area contributed by atoms with Crippen LogP contribution in [0.2, 0.25) is 0 Å². The van der Waals surface area contributed by atoms with E-state index >= 15 is 0 Å². The Morgan fingerprint density at radius 2 is 1.05 bits per heavy atom. The second-order valence-electron chi connectivity index (χ2n) is 10.8. The summed E-state index contributed by atoms with van der Waals surface area (Å²) >= 11 is 0. The summed E-state index contributed by atoms with van der Waals surface area (Å²) in [6.07, 6.45) is 0. The van der Waals surface area contributed by atoms with Crippen LogP contribution in [0.15, 0.2) is 162 Å². The quantitative estimate of drug-likeness (QED) is 0.199. The third kappa shape index (κ3) is 3.72. The van der Waals surface area contributed by atoms with Crippen molar-refractivity contribution in [2.45, 2.75) is 0 Å². The van der Waals surface area contributed by atoms with Crippen molar-refractivity contribution >= 4 is 54.3 Å². The lowest BCUT2D eigenvalue weighted by molar-refractivity contribution is 0.670. The van der Waals surface area contributed by atoms with Crippen molar-refractivity contribution in [3.8, 4) is 33.4 Å². The van der Waals surface area contributed by atoms with E-state index in [1.807, 2.05) is 78.9 Å². The maximum Gasteiger partial charge on any atom is 0.143 e. The summed E-state index contributed by atoms with van der Waals surface area (Å²) in [6, 6.07) is 39.0. The summed E-state index contributed by atoms with van der Waals surface area (Å²) in [7, 11) is 0. The van der Waals surface area contributed by atoms with E-state index in [0.29, 0.717) is 16.7 Å². The zero-order chi connectivity index (χ0) is 33.6. The molecule has 0 saturated carbocycles. The molecule has 1 nitrogen and oxygen atoms in total. The summed E-state index contributed by atoms with van der Waals surface area (Å²) in [5.41, 5.74) is 4.52. The maximum absolute atomic E-state index is 9.82.